The van der Waals surface area contributed by atoms with E-state index in [1.54, 1.807) is 60.7 Å². The van der Waals surface area contributed by atoms with Gasteiger partial charge in [0.2, 0.25) is 0 Å². The Morgan fingerprint density at radius 3 is 1.20 bits per heavy atom. The van der Waals surface area contributed by atoms with Crippen molar-refractivity contribution in [2.75, 3.05) is 0 Å². The van der Waals surface area contributed by atoms with Gasteiger partial charge in [-0.1, -0.05) is 120 Å². The number of benzene rings is 7. The van der Waals surface area contributed by atoms with E-state index in [2.05, 4.69) is 0 Å². The van der Waals surface area contributed by atoms with Crippen LogP contribution in [0.1, 0.15) is 0 Å². The van der Waals surface area contributed by atoms with E-state index in [1.807, 2.05) is 60.7 Å². The van der Waals surface area contributed by atoms with Crippen LogP contribution in [0.25, 0.3) is 43.1 Å². The van der Waals surface area contributed by atoms with Gasteiger partial charge in [-0.25, -0.2) is 9.59 Å². The average molecular weight is 619 g/mol. The smallest absolute Gasteiger partial charge is 0.394 e. The van der Waals surface area contributed by atoms with Gasteiger partial charge in [0, 0.05) is 32.3 Å². The van der Waals surface area contributed by atoms with Gasteiger partial charge in [-0.05, 0) is 35.0 Å². The van der Waals surface area contributed by atoms with Crippen LogP contribution in [0.15, 0.2) is 121 Å². The fourth-order valence-electron chi connectivity index (χ4n) is 5.31. The molecular formula is C36H20Cl2O6. The molecule has 0 aliphatic rings. The van der Waals surface area contributed by atoms with Gasteiger partial charge in [0.1, 0.15) is 11.5 Å². The number of rotatable bonds is 4. The summed E-state index contributed by atoms with van der Waals surface area (Å²) in [6, 6.07) is 35.9. The Morgan fingerprint density at radius 2 is 0.773 bits per heavy atom. The Kier molecular flexibility index (Phi) is 7.14. The summed E-state index contributed by atoms with van der Waals surface area (Å²) in [5.41, 5.74) is 0. The van der Waals surface area contributed by atoms with E-state index in [-0.39, 0.29) is 32.3 Å². The highest BCUT2D eigenvalue weighted by molar-refractivity contribution is 6.42. The van der Waals surface area contributed by atoms with Crippen molar-refractivity contribution in [3.63, 3.8) is 0 Å². The highest BCUT2D eigenvalue weighted by atomic mass is 35.5. The van der Waals surface area contributed by atoms with Gasteiger partial charge < -0.3 is 18.9 Å². The third-order valence-corrected chi connectivity index (χ3v) is 7.86. The lowest BCUT2D eigenvalue weighted by Gasteiger charge is -2.18. The van der Waals surface area contributed by atoms with Crippen LogP contribution in [0, 0.1) is 0 Å². The van der Waals surface area contributed by atoms with E-state index < -0.39 is 12.3 Å². The average Bonchev–Trinajstić information content (AvgIpc) is 3.04. The summed E-state index contributed by atoms with van der Waals surface area (Å²) in [7, 11) is 0. The maximum absolute atomic E-state index is 13.3. The topological polar surface area (TPSA) is 71.1 Å². The summed E-state index contributed by atoms with van der Waals surface area (Å²) in [5.74, 6) is 0.871. The monoisotopic (exact) mass is 618 g/mol. The first kappa shape index (κ1) is 27.5. The second kappa shape index (κ2) is 11.4. The third-order valence-electron chi connectivity index (χ3n) is 7.23. The Hall–Kier alpha value is -5.30. The fourth-order valence-corrected chi connectivity index (χ4v) is 5.80. The summed E-state index contributed by atoms with van der Waals surface area (Å²) in [5, 5.41) is 5.14. The highest BCUT2D eigenvalue weighted by Gasteiger charge is 2.25. The van der Waals surface area contributed by atoms with Crippen molar-refractivity contribution < 1.29 is 28.5 Å². The summed E-state index contributed by atoms with van der Waals surface area (Å²) < 4.78 is 23.0. The molecule has 7 rings (SSSR count). The SMILES string of the molecule is O=C(Oc1cccc2ccccc12)Oc1c2ccccc2c(OC(=O)Oc2cccc3ccccc23)c2c(Cl)ccc(Cl)c12. The number of hydrogen-bond donors (Lipinski definition) is 0. The lowest BCUT2D eigenvalue weighted by molar-refractivity contribution is 0.151. The van der Waals surface area contributed by atoms with Crippen molar-refractivity contribution in [2.45, 2.75) is 0 Å². The molecule has 0 aliphatic carbocycles. The molecule has 8 heteroatoms. The molecule has 0 fully saturated rings. The Bertz CT molecular complexity index is 2090. The second-order valence-electron chi connectivity index (χ2n) is 9.85. The number of fused-ring (bicyclic) bond motifs is 4. The molecule has 214 valence electrons. The van der Waals surface area contributed by atoms with Gasteiger partial charge in [0.05, 0.1) is 10.0 Å². The zero-order valence-corrected chi connectivity index (χ0v) is 24.3. The summed E-state index contributed by atoms with van der Waals surface area (Å²) in [6.45, 7) is 0. The van der Waals surface area contributed by atoms with Crippen molar-refractivity contribution in [2.24, 2.45) is 0 Å². The third kappa shape index (κ3) is 5.00. The first-order valence-electron chi connectivity index (χ1n) is 13.5. The summed E-state index contributed by atoms with van der Waals surface area (Å²) >= 11 is 13.4. The lowest BCUT2D eigenvalue weighted by atomic mass is 10.0. The maximum atomic E-state index is 13.3. The molecule has 0 spiro atoms. The van der Waals surface area contributed by atoms with E-state index in [1.165, 1.54) is 0 Å². The first-order valence-corrected chi connectivity index (χ1v) is 14.3. The Labute approximate surface area is 260 Å². The van der Waals surface area contributed by atoms with E-state index >= 15 is 0 Å². The van der Waals surface area contributed by atoms with Gasteiger partial charge in [-0.3, -0.25) is 0 Å². The van der Waals surface area contributed by atoms with Crippen LogP contribution >= 0.6 is 23.2 Å². The minimum Gasteiger partial charge on any atom is -0.394 e. The van der Waals surface area contributed by atoms with Crippen molar-refractivity contribution in [3.05, 3.63) is 131 Å². The molecule has 0 saturated heterocycles. The molecule has 0 N–H and O–H groups in total. The molecule has 0 radical (unpaired) electrons. The Morgan fingerprint density at radius 1 is 0.409 bits per heavy atom. The number of carbonyl (C=O) groups excluding carboxylic acids is 2. The summed E-state index contributed by atoms with van der Waals surface area (Å²) in [4.78, 5) is 26.5. The van der Waals surface area contributed by atoms with Crippen LogP contribution in [0.5, 0.6) is 23.0 Å². The molecule has 0 saturated carbocycles. The molecule has 7 aromatic carbocycles. The quantitative estimate of drug-likeness (QED) is 0.111. The number of hydrogen-bond acceptors (Lipinski definition) is 6. The molecular weight excluding hydrogens is 599 g/mol. The van der Waals surface area contributed by atoms with E-state index in [4.69, 9.17) is 42.1 Å². The molecule has 0 aromatic heterocycles. The molecule has 0 heterocycles. The maximum Gasteiger partial charge on any atom is 0.519 e. The highest BCUT2D eigenvalue weighted by Crippen LogP contribution is 2.48. The number of carbonyl (C=O) groups is 2. The molecule has 7 aromatic rings. The molecule has 44 heavy (non-hydrogen) atoms. The van der Waals surface area contributed by atoms with Gasteiger partial charge >= 0.3 is 12.3 Å². The second-order valence-corrected chi connectivity index (χ2v) is 10.7. The van der Waals surface area contributed by atoms with Crippen LogP contribution < -0.4 is 18.9 Å². The summed E-state index contributed by atoms with van der Waals surface area (Å²) in [6.07, 6.45) is -1.96. The van der Waals surface area contributed by atoms with Crippen LogP contribution in [0.2, 0.25) is 10.0 Å². The zero-order chi connectivity index (χ0) is 30.2. The van der Waals surface area contributed by atoms with Crippen LogP contribution in [0.4, 0.5) is 9.59 Å². The van der Waals surface area contributed by atoms with Crippen molar-refractivity contribution >= 4 is 78.6 Å². The standard InChI is InChI=1S/C36H20Cl2O6/c37-27-19-20-28(38)32-31(27)33(43-35(39)41-29-17-7-11-21-9-1-3-13-23(21)29)25-15-5-6-16-26(25)34(32)44-36(40)42-30-18-8-12-22-10-2-4-14-24(22)30/h1-20H. The van der Waals surface area contributed by atoms with Gasteiger partial charge in [0.25, 0.3) is 0 Å². The lowest BCUT2D eigenvalue weighted by Crippen LogP contribution is -2.16. The molecule has 0 atom stereocenters. The number of ether oxygens (including phenoxy) is 4. The van der Waals surface area contributed by atoms with Gasteiger partial charge in [0.15, 0.2) is 11.5 Å². The minimum atomic E-state index is -0.979. The van der Waals surface area contributed by atoms with Gasteiger partial charge in [-0.15, -0.1) is 0 Å². The van der Waals surface area contributed by atoms with E-state index in [0.29, 0.717) is 22.3 Å². The van der Waals surface area contributed by atoms with Crippen molar-refractivity contribution in [1.82, 2.24) is 0 Å². The van der Waals surface area contributed by atoms with Crippen molar-refractivity contribution in [1.29, 1.82) is 0 Å². The molecule has 0 bridgehead atoms. The first-order chi connectivity index (χ1) is 21.5. The van der Waals surface area contributed by atoms with E-state index in [0.717, 1.165) is 21.5 Å². The van der Waals surface area contributed by atoms with Crippen LogP contribution in [-0.2, 0) is 0 Å². The fraction of sp³-hybridized carbons (Fsp3) is 0. The normalized spacial score (nSPS) is 11.1. The minimum absolute atomic E-state index is 0.100. The Balaban J connectivity index is 1.30. The zero-order valence-electron chi connectivity index (χ0n) is 22.8. The predicted molar refractivity (Wildman–Crippen MR) is 173 cm³/mol. The molecule has 6 nitrogen and oxygen atoms in total. The largest absolute Gasteiger partial charge is 0.519 e. The predicted octanol–water partition coefficient (Wildman–Crippen LogP) is 10.8. The van der Waals surface area contributed by atoms with Crippen molar-refractivity contribution in [3.8, 4) is 23.0 Å². The van der Waals surface area contributed by atoms with Crippen LogP contribution in [0.3, 0.4) is 0 Å². The number of halogens is 2. The van der Waals surface area contributed by atoms with E-state index in [9.17, 15) is 9.59 Å². The molecule has 0 unspecified atom stereocenters. The molecule has 0 amide bonds. The molecule has 0 aliphatic heterocycles. The van der Waals surface area contributed by atoms with Gasteiger partial charge in [-0.2, -0.15) is 0 Å². The van der Waals surface area contributed by atoms with Crippen LogP contribution in [-0.4, -0.2) is 12.3 Å².